The lowest BCUT2D eigenvalue weighted by atomic mass is 9.67. The highest BCUT2D eigenvalue weighted by Crippen LogP contribution is 2.45. The van der Waals surface area contributed by atoms with Crippen molar-refractivity contribution >= 4 is 5.91 Å². The van der Waals surface area contributed by atoms with E-state index in [1.54, 1.807) is 0 Å². The Kier molecular flexibility index (Phi) is 5.49. The Morgan fingerprint density at radius 2 is 1.93 bits per heavy atom. The molecule has 2 aromatic rings. The summed E-state index contributed by atoms with van der Waals surface area (Å²) in [6.45, 7) is 8.55. The minimum atomic E-state index is -0.00972. The average molecular weight is 383 g/mol. The Bertz CT molecular complexity index is 796. The standard InChI is InChI=1S/C22H30N4O2/c1-3-19-23-20(28-24-19)15-25-12-10-22(11-13-25)14-18(17-8-6-5-7-9-17)21(27)26(4-2)16-22/h5-9,18H,3-4,10-16H2,1-2H3/t18-/m1/s1. The molecule has 4 rings (SSSR count). The smallest absolute Gasteiger partial charge is 0.240 e. The Labute approximate surface area is 166 Å². The summed E-state index contributed by atoms with van der Waals surface area (Å²) in [5.74, 6) is 1.77. The van der Waals surface area contributed by atoms with Crippen LogP contribution in [0.5, 0.6) is 0 Å². The molecule has 0 aliphatic carbocycles. The van der Waals surface area contributed by atoms with Gasteiger partial charge in [-0.1, -0.05) is 42.4 Å². The molecule has 3 heterocycles. The number of hydrogen-bond donors (Lipinski definition) is 0. The first-order valence-electron chi connectivity index (χ1n) is 10.5. The van der Waals surface area contributed by atoms with Gasteiger partial charge in [-0.2, -0.15) is 4.98 Å². The van der Waals surface area contributed by atoms with Crippen molar-refractivity contribution in [2.24, 2.45) is 5.41 Å². The van der Waals surface area contributed by atoms with Gasteiger partial charge in [-0.05, 0) is 50.3 Å². The van der Waals surface area contributed by atoms with E-state index in [1.807, 2.05) is 25.1 Å². The largest absolute Gasteiger partial charge is 0.342 e. The number of carbonyl (C=O) groups is 1. The molecular formula is C22H30N4O2. The third kappa shape index (κ3) is 3.83. The summed E-state index contributed by atoms with van der Waals surface area (Å²) in [5.41, 5.74) is 1.37. The molecule has 150 valence electrons. The predicted molar refractivity (Wildman–Crippen MR) is 107 cm³/mol. The van der Waals surface area contributed by atoms with Gasteiger partial charge in [0, 0.05) is 19.5 Å². The molecular weight excluding hydrogens is 352 g/mol. The van der Waals surface area contributed by atoms with Crippen molar-refractivity contribution in [2.45, 2.75) is 52.0 Å². The van der Waals surface area contributed by atoms with E-state index < -0.39 is 0 Å². The van der Waals surface area contributed by atoms with Gasteiger partial charge in [0.2, 0.25) is 11.8 Å². The number of nitrogens with zero attached hydrogens (tertiary/aromatic N) is 4. The summed E-state index contributed by atoms with van der Waals surface area (Å²) in [6, 6.07) is 10.3. The van der Waals surface area contributed by atoms with E-state index in [0.717, 1.165) is 69.8 Å². The van der Waals surface area contributed by atoms with Crippen molar-refractivity contribution in [3.8, 4) is 0 Å². The van der Waals surface area contributed by atoms with Crippen molar-refractivity contribution in [1.82, 2.24) is 19.9 Å². The van der Waals surface area contributed by atoms with Crippen LogP contribution in [0.1, 0.15) is 56.3 Å². The maximum absolute atomic E-state index is 13.0. The summed E-state index contributed by atoms with van der Waals surface area (Å²) in [6.07, 6.45) is 3.97. The minimum Gasteiger partial charge on any atom is -0.342 e. The number of likely N-dealkylation sites (N-methyl/N-ethyl adjacent to an activating group) is 1. The van der Waals surface area contributed by atoms with Crippen LogP contribution < -0.4 is 0 Å². The molecule has 1 amide bonds. The molecule has 28 heavy (non-hydrogen) atoms. The van der Waals surface area contributed by atoms with Crippen molar-refractivity contribution in [3.05, 3.63) is 47.6 Å². The van der Waals surface area contributed by atoms with Gasteiger partial charge in [-0.15, -0.1) is 0 Å². The fourth-order valence-electron chi connectivity index (χ4n) is 4.74. The second-order valence-electron chi connectivity index (χ2n) is 8.25. The zero-order valence-corrected chi connectivity index (χ0v) is 16.9. The van der Waals surface area contributed by atoms with Crippen LogP contribution >= 0.6 is 0 Å². The third-order valence-corrected chi connectivity index (χ3v) is 6.46. The Morgan fingerprint density at radius 3 is 2.57 bits per heavy atom. The highest BCUT2D eigenvalue weighted by molar-refractivity contribution is 5.84. The van der Waals surface area contributed by atoms with Gasteiger partial charge < -0.3 is 9.42 Å². The molecule has 0 unspecified atom stereocenters. The summed E-state index contributed by atoms with van der Waals surface area (Å²) >= 11 is 0. The summed E-state index contributed by atoms with van der Waals surface area (Å²) in [7, 11) is 0. The lowest BCUT2D eigenvalue weighted by Gasteiger charge is -2.49. The number of rotatable bonds is 5. The number of aryl methyl sites for hydroxylation is 1. The molecule has 0 bridgehead atoms. The zero-order valence-electron chi connectivity index (χ0n) is 16.9. The van der Waals surface area contributed by atoms with Gasteiger partial charge in [-0.25, -0.2) is 0 Å². The number of likely N-dealkylation sites (tertiary alicyclic amines) is 2. The van der Waals surface area contributed by atoms with Crippen LogP contribution in [0.25, 0.3) is 0 Å². The summed E-state index contributed by atoms with van der Waals surface area (Å²) in [4.78, 5) is 21.9. The maximum atomic E-state index is 13.0. The zero-order chi connectivity index (χ0) is 19.6. The summed E-state index contributed by atoms with van der Waals surface area (Å²) in [5, 5.41) is 4.00. The highest BCUT2D eigenvalue weighted by Gasteiger charge is 2.45. The second-order valence-corrected chi connectivity index (χ2v) is 8.25. The van der Waals surface area contributed by atoms with Gasteiger partial charge in [0.15, 0.2) is 5.82 Å². The van der Waals surface area contributed by atoms with E-state index in [0.29, 0.717) is 11.8 Å². The molecule has 6 nitrogen and oxygen atoms in total. The molecule has 1 aromatic heterocycles. The van der Waals surface area contributed by atoms with E-state index in [-0.39, 0.29) is 11.3 Å². The van der Waals surface area contributed by atoms with Gasteiger partial charge in [-0.3, -0.25) is 9.69 Å². The molecule has 2 saturated heterocycles. The molecule has 2 fully saturated rings. The van der Waals surface area contributed by atoms with E-state index in [1.165, 1.54) is 0 Å². The monoisotopic (exact) mass is 382 g/mol. The lowest BCUT2D eigenvalue weighted by molar-refractivity contribution is -0.141. The van der Waals surface area contributed by atoms with E-state index >= 15 is 0 Å². The highest BCUT2D eigenvalue weighted by atomic mass is 16.5. The maximum Gasteiger partial charge on any atom is 0.240 e. The SMILES string of the molecule is CCc1noc(CN2CCC3(CC2)C[C@H](c2ccccc2)C(=O)N(CC)C3)n1. The van der Waals surface area contributed by atoms with E-state index in [4.69, 9.17) is 4.52 Å². The molecule has 1 atom stereocenters. The molecule has 0 radical (unpaired) electrons. The molecule has 2 aliphatic heterocycles. The summed E-state index contributed by atoms with van der Waals surface area (Å²) < 4.78 is 5.36. The Hall–Kier alpha value is -2.21. The van der Waals surface area contributed by atoms with Crippen LogP contribution in [0, 0.1) is 5.41 Å². The van der Waals surface area contributed by atoms with E-state index in [2.05, 4.69) is 39.0 Å². The first kappa shape index (κ1) is 19.1. The predicted octanol–water partition coefficient (Wildman–Crippen LogP) is 3.25. The average Bonchev–Trinajstić information content (AvgIpc) is 3.20. The van der Waals surface area contributed by atoms with Crippen LogP contribution in [-0.2, 0) is 17.8 Å². The van der Waals surface area contributed by atoms with Gasteiger partial charge in [0.25, 0.3) is 0 Å². The quantitative estimate of drug-likeness (QED) is 0.794. The first-order chi connectivity index (χ1) is 13.6. The van der Waals surface area contributed by atoms with Gasteiger partial charge in [0.1, 0.15) is 0 Å². The number of benzene rings is 1. The second kappa shape index (κ2) is 8.03. The van der Waals surface area contributed by atoms with Crippen molar-refractivity contribution in [3.63, 3.8) is 0 Å². The molecule has 1 aromatic carbocycles. The molecule has 0 saturated carbocycles. The van der Waals surface area contributed by atoms with Crippen LogP contribution in [0.3, 0.4) is 0 Å². The Balaban J connectivity index is 1.45. The first-order valence-corrected chi connectivity index (χ1v) is 10.5. The van der Waals surface area contributed by atoms with Crippen LogP contribution in [-0.4, -0.2) is 52.0 Å². The molecule has 2 aliphatic rings. The molecule has 6 heteroatoms. The number of carbonyl (C=O) groups excluding carboxylic acids is 1. The number of amides is 1. The number of aromatic nitrogens is 2. The number of hydrogen-bond acceptors (Lipinski definition) is 5. The van der Waals surface area contributed by atoms with Crippen molar-refractivity contribution < 1.29 is 9.32 Å². The van der Waals surface area contributed by atoms with Crippen molar-refractivity contribution in [2.75, 3.05) is 26.2 Å². The van der Waals surface area contributed by atoms with E-state index in [9.17, 15) is 4.79 Å². The van der Waals surface area contributed by atoms with Crippen LogP contribution in [0.15, 0.2) is 34.9 Å². The fourth-order valence-corrected chi connectivity index (χ4v) is 4.74. The third-order valence-electron chi connectivity index (χ3n) is 6.46. The topological polar surface area (TPSA) is 62.5 Å². The molecule has 1 spiro atoms. The van der Waals surface area contributed by atoms with Gasteiger partial charge >= 0.3 is 0 Å². The van der Waals surface area contributed by atoms with Crippen molar-refractivity contribution in [1.29, 1.82) is 0 Å². The fraction of sp³-hybridized carbons (Fsp3) is 0.591. The lowest BCUT2D eigenvalue weighted by Crippen LogP contribution is -2.53. The van der Waals surface area contributed by atoms with Gasteiger partial charge in [0.05, 0.1) is 12.5 Å². The number of piperidine rings is 2. The Morgan fingerprint density at radius 1 is 1.18 bits per heavy atom. The van der Waals surface area contributed by atoms with Crippen LogP contribution in [0.2, 0.25) is 0 Å². The minimum absolute atomic E-state index is 0.00972. The normalized spacial score (nSPS) is 22.7. The molecule has 0 N–H and O–H groups in total. The van der Waals surface area contributed by atoms with Crippen LogP contribution in [0.4, 0.5) is 0 Å².